The summed E-state index contributed by atoms with van der Waals surface area (Å²) in [6.45, 7) is 5.41. The molecule has 9 heteroatoms. The van der Waals surface area contributed by atoms with Gasteiger partial charge in [0.05, 0.1) is 34.4 Å². The number of esters is 1. The highest BCUT2D eigenvalue weighted by Gasteiger charge is 2.20. The van der Waals surface area contributed by atoms with Gasteiger partial charge in [0.15, 0.2) is 0 Å². The van der Waals surface area contributed by atoms with Crippen LogP contribution in [0.25, 0.3) is 0 Å². The highest BCUT2D eigenvalue weighted by Crippen LogP contribution is 2.38. The SMILES string of the molecule is CCCCC/C=C\CCCCCCCC(=O)OC(COCCCCCCCCCCCCCCCCCCCCC)COP(=O)([O-])OCC[N+](C)(C)C. The quantitative estimate of drug-likeness (QED) is 0.0200. The molecule has 0 bridgehead atoms. The summed E-state index contributed by atoms with van der Waals surface area (Å²) in [6, 6.07) is 0. The maximum atomic E-state index is 12.6. The molecule has 0 heterocycles. The Morgan fingerprint density at radius 3 is 1.47 bits per heavy atom. The molecule has 0 spiro atoms. The number of phosphoric ester groups is 1. The minimum Gasteiger partial charge on any atom is -0.756 e. The monoisotopic (exact) mass is 774 g/mol. The summed E-state index contributed by atoms with van der Waals surface area (Å²) in [6.07, 6.45) is 40.8. The van der Waals surface area contributed by atoms with Gasteiger partial charge >= 0.3 is 5.97 Å². The third kappa shape index (κ3) is 42.2. The average Bonchev–Trinajstić information content (AvgIpc) is 3.11. The summed E-state index contributed by atoms with van der Waals surface area (Å²) in [5.74, 6) is -0.340. The Hall–Kier alpha value is -0.760. The van der Waals surface area contributed by atoms with Gasteiger partial charge in [-0.2, -0.15) is 0 Å². The molecule has 8 nitrogen and oxygen atoms in total. The number of phosphoric acid groups is 1. The van der Waals surface area contributed by atoms with E-state index >= 15 is 0 Å². The minimum absolute atomic E-state index is 0.0277. The number of hydrogen-bond donors (Lipinski definition) is 0. The first-order valence-electron chi connectivity index (χ1n) is 22.4. The highest BCUT2D eigenvalue weighted by molar-refractivity contribution is 7.45. The standard InChI is InChI=1S/C44H88NO7P/c1-6-8-10-12-14-16-18-20-21-22-23-24-25-26-28-30-32-34-36-39-49-41-43(42-51-53(47,48)50-40-38-45(3,4)5)52-44(46)37-35-33-31-29-27-19-17-15-13-11-9-7-2/h15,17,43H,6-14,16,18-42H2,1-5H3/b17-15-. The molecule has 0 rings (SSSR count). The molecule has 0 fully saturated rings. The highest BCUT2D eigenvalue weighted by atomic mass is 31.2. The molecule has 0 saturated heterocycles. The second kappa shape index (κ2) is 38.1. The topological polar surface area (TPSA) is 94.1 Å². The predicted octanol–water partition coefficient (Wildman–Crippen LogP) is 12.4. The largest absolute Gasteiger partial charge is 0.756 e. The number of rotatable bonds is 42. The molecular formula is C44H88NO7P. The Kier molecular flexibility index (Phi) is 37.6. The molecule has 0 N–H and O–H groups in total. The summed E-state index contributed by atoms with van der Waals surface area (Å²) < 4.78 is 34.6. The lowest BCUT2D eigenvalue weighted by Crippen LogP contribution is -2.37. The molecule has 0 aromatic carbocycles. The van der Waals surface area contributed by atoms with Gasteiger partial charge in [-0.1, -0.05) is 174 Å². The molecule has 316 valence electrons. The van der Waals surface area contributed by atoms with Crippen molar-refractivity contribution in [3.05, 3.63) is 12.2 Å². The zero-order valence-corrected chi connectivity index (χ0v) is 36.6. The van der Waals surface area contributed by atoms with E-state index in [0.717, 1.165) is 44.9 Å². The van der Waals surface area contributed by atoms with E-state index in [2.05, 4.69) is 26.0 Å². The van der Waals surface area contributed by atoms with E-state index in [9.17, 15) is 14.3 Å². The van der Waals surface area contributed by atoms with E-state index in [1.54, 1.807) is 0 Å². The lowest BCUT2D eigenvalue weighted by molar-refractivity contribution is -0.870. The zero-order chi connectivity index (χ0) is 39.1. The second-order valence-corrected chi connectivity index (χ2v) is 17.8. The number of hydrogen-bond acceptors (Lipinski definition) is 7. The number of unbranched alkanes of at least 4 members (excludes halogenated alkanes) is 26. The summed E-state index contributed by atoms with van der Waals surface area (Å²) in [7, 11) is 1.36. The van der Waals surface area contributed by atoms with Gasteiger partial charge in [-0.15, -0.1) is 0 Å². The van der Waals surface area contributed by atoms with Gasteiger partial charge in [0, 0.05) is 13.0 Å². The molecule has 0 aliphatic heterocycles. The van der Waals surface area contributed by atoms with Crippen LogP contribution in [-0.4, -0.2) is 70.7 Å². The van der Waals surface area contributed by atoms with Crippen LogP contribution in [0.15, 0.2) is 12.2 Å². The Balaban J connectivity index is 4.14. The molecule has 0 aromatic rings. The van der Waals surface area contributed by atoms with Crippen LogP contribution in [0.5, 0.6) is 0 Å². The first kappa shape index (κ1) is 52.2. The minimum atomic E-state index is -4.52. The molecule has 2 unspecified atom stereocenters. The van der Waals surface area contributed by atoms with E-state index in [0.29, 0.717) is 24.1 Å². The van der Waals surface area contributed by atoms with Crippen molar-refractivity contribution in [2.75, 3.05) is 54.1 Å². The van der Waals surface area contributed by atoms with E-state index in [1.807, 2.05) is 21.1 Å². The fourth-order valence-corrected chi connectivity index (χ4v) is 7.03. The number of ether oxygens (including phenoxy) is 2. The van der Waals surface area contributed by atoms with Crippen LogP contribution in [0.4, 0.5) is 0 Å². The van der Waals surface area contributed by atoms with E-state index < -0.39 is 13.9 Å². The van der Waals surface area contributed by atoms with Crippen LogP contribution < -0.4 is 4.89 Å². The van der Waals surface area contributed by atoms with Crippen molar-refractivity contribution in [1.82, 2.24) is 0 Å². The van der Waals surface area contributed by atoms with Crippen molar-refractivity contribution in [1.29, 1.82) is 0 Å². The molecule has 0 amide bonds. The first-order chi connectivity index (χ1) is 25.6. The zero-order valence-electron chi connectivity index (χ0n) is 35.7. The van der Waals surface area contributed by atoms with Crippen molar-refractivity contribution in [2.24, 2.45) is 0 Å². The number of quaternary nitrogens is 1. The molecule has 53 heavy (non-hydrogen) atoms. The number of carbonyl (C=O) groups is 1. The molecular weight excluding hydrogens is 685 g/mol. The fraction of sp³-hybridized carbons (Fsp3) is 0.932. The van der Waals surface area contributed by atoms with Gasteiger partial charge in [0.2, 0.25) is 0 Å². The van der Waals surface area contributed by atoms with Crippen LogP contribution in [0.3, 0.4) is 0 Å². The van der Waals surface area contributed by atoms with Crippen molar-refractivity contribution in [3.63, 3.8) is 0 Å². The number of nitrogens with zero attached hydrogens (tertiary/aromatic N) is 1. The Morgan fingerprint density at radius 2 is 0.981 bits per heavy atom. The van der Waals surface area contributed by atoms with Crippen LogP contribution in [0.1, 0.15) is 206 Å². The lowest BCUT2D eigenvalue weighted by Gasteiger charge is -2.28. The maximum Gasteiger partial charge on any atom is 0.306 e. The molecule has 2 atom stereocenters. The summed E-state index contributed by atoms with van der Waals surface area (Å²) in [5.41, 5.74) is 0. The first-order valence-corrected chi connectivity index (χ1v) is 23.9. The Morgan fingerprint density at radius 1 is 0.566 bits per heavy atom. The number of likely N-dealkylation sites (N-methyl/N-ethyl adjacent to an activating group) is 1. The maximum absolute atomic E-state index is 12.6. The van der Waals surface area contributed by atoms with Gasteiger partial charge in [-0.3, -0.25) is 9.36 Å². The summed E-state index contributed by atoms with van der Waals surface area (Å²) >= 11 is 0. The van der Waals surface area contributed by atoms with Crippen LogP contribution in [-0.2, 0) is 27.9 Å². The van der Waals surface area contributed by atoms with Crippen LogP contribution in [0, 0.1) is 0 Å². The third-order valence-corrected chi connectivity index (χ3v) is 10.8. The van der Waals surface area contributed by atoms with Crippen LogP contribution >= 0.6 is 7.82 Å². The summed E-state index contributed by atoms with van der Waals surface area (Å²) in [4.78, 5) is 25.0. The van der Waals surface area contributed by atoms with Crippen molar-refractivity contribution in [3.8, 4) is 0 Å². The van der Waals surface area contributed by atoms with Crippen molar-refractivity contribution in [2.45, 2.75) is 213 Å². The average molecular weight is 774 g/mol. The van der Waals surface area contributed by atoms with Gasteiger partial charge in [-0.25, -0.2) is 0 Å². The molecule has 0 saturated carbocycles. The van der Waals surface area contributed by atoms with E-state index in [1.165, 1.54) is 141 Å². The van der Waals surface area contributed by atoms with Gasteiger partial charge < -0.3 is 27.9 Å². The van der Waals surface area contributed by atoms with Crippen molar-refractivity contribution < 1.29 is 37.3 Å². The second-order valence-electron chi connectivity index (χ2n) is 16.4. The van der Waals surface area contributed by atoms with Gasteiger partial charge in [-0.05, 0) is 38.5 Å². The molecule has 0 aliphatic carbocycles. The Labute approximate surface area is 329 Å². The number of carbonyl (C=O) groups excluding carboxylic acids is 1. The molecule has 0 radical (unpaired) electrons. The molecule has 0 aromatic heterocycles. The van der Waals surface area contributed by atoms with E-state index in [-0.39, 0.29) is 25.8 Å². The van der Waals surface area contributed by atoms with Crippen LogP contribution in [0.2, 0.25) is 0 Å². The molecule has 0 aliphatic rings. The number of allylic oxidation sites excluding steroid dienone is 2. The smallest absolute Gasteiger partial charge is 0.306 e. The fourth-order valence-electron chi connectivity index (χ4n) is 6.31. The Bertz CT molecular complexity index is 863. The van der Waals surface area contributed by atoms with E-state index in [4.69, 9.17) is 18.5 Å². The predicted molar refractivity (Wildman–Crippen MR) is 222 cm³/mol. The van der Waals surface area contributed by atoms with Crippen molar-refractivity contribution >= 4 is 13.8 Å². The van der Waals surface area contributed by atoms with Gasteiger partial charge in [0.25, 0.3) is 7.82 Å². The normalized spacial score (nSPS) is 13.8. The summed E-state index contributed by atoms with van der Waals surface area (Å²) in [5, 5.41) is 0. The van der Waals surface area contributed by atoms with Gasteiger partial charge in [0.1, 0.15) is 19.3 Å². The third-order valence-electron chi connectivity index (χ3n) is 9.82. The lowest BCUT2D eigenvalue weighted by atomic mass is 10.0.